The Morgan fingerprint density at radius 3 is 2.67 bits per heavy atom. The Bertz CT molecular complexity index is 399. The van der Waals surface area contributed by atoms with Crippen LogP contribution >= 0.6 is 0 Å². The number of nitrogens with zero attached hydrogens (tertiary/aromatic N) is 2. The molecular formula is C15H24N2O. The highest BCUT2D eigenvalue weighted by Gasteiger charge is 2.30. The lowest BCUT2D eigenvalue weighted by atomic mass is 10.1. The lowest BCUT2D eigenvalue weighted by Gasteiger charge is -2.26. The molecule has 1 N–H and O–H groups in total. The molecule has 0 unspecified atom stereocenters. The van der Waals surface area contributed by atoms with E-state index in [9.17, 15) is 0 Å². The van der Waals surface area contributed by atoms with Gasteiger partial charge >= 0.3 is 0 Å². The smallest absolute Gasteiger partial charge is 0.131 e. The maximum Gasteiger partial charge on any atom is 0.131 e. The van der Waals surface area contributed by atoms with Crippen molar-refractivity contribution < 1.29 is 5.11 Å². The summed E-state index contributed by atoms with van der Waals surface area (Å²) in [5.74, 6) is 1.83. The lowest BCUT2D eigenvalue weighted by molar-refractivity contribution is 0.281. The van der Waals surface area contributed by atoms with E-state index >= 15 is 0 Å². The summed E-state index contributed by atoms with van der Waals surface area (Å²) in [6, 6.07) is 2.74. The zero-order chi connectivity index (χ0) is 13.1. The number of aliphatic hydroxyl groups excluding tert-OH is 1. The molecule has 0 spiro atoms. The molecule has 3 nitrogen and oxygen atoms in total. The maximum absolute atomic E-state index is 9.14. The largest absolute Gasteiger partial charge is 0.392 e. The van der Waals surface area contributed by atoms with E-state index in [2.05, 4.69) is 30.7 Å². The Kier molecular flexibility index (Phi) is 4.23. The number of rotatable bonds is 6. The van der Waals surface area contributed by atoms with Gasteiger partial charge in [0.25, 0.3) is 0 Å². The van der Waals surface area contributed by atoms with Crippen LogP contribution in [0.4, 0.5) is 5.82 Å². The van der Waals surface area contributed by atoms with Crippen LogP contribution in [-0.4, -0.2) is 22.7 Å². The van der Waals surface area contributed by atoms with Crippen LogP contribution in [0, 0.1) is 12.8 Å². The molecule has 1 aromatic heterocycles. The fourth-order valence-electron chi connectivity index (χ4n) is 2.26. The van der Waals surface area contributed by atoms with Crippen LogP contribution in [0.1, 0.15) is 44.2 Å². The molecule has 0 atom stereocenters. The van der Waals surface area contributed by atoms with Crippen molar-refractivity contribution in [2.45, 2.75) is 52.7 Å². The number of hydrogen-bond acceptors (Lipinski definition) is 3. The third-order valence-electron chi connectivity index (χ3n) is 3.50. The monoisotopic (exact) mass is 248 g/mol. The van der Waals surface area contributed by atoms with Crippen molar-refractivity contribution in [3.63, 3.8) is 0 Å². The SMILES string of the molecule is Cc1cc(CO)cnc1N(CCC(C)C)C1CC1. The van der Waals surface area contributed by atoms with Gasteiger partial charge in [-0.2, -0.15) is 0 Å². The highest BCUT2D eigenvalue weighted by molar-refractivity contribution is 5.49. The van der Waals surface area contributed by atoms with Gasteiger partial charge in [0.1, 0.15) is 5.82 Å². The average Bonchev–Trinajstić information content (AvgIpc) is 3.15. The number of hydrogen-bond donors (Lipinski definition) is 1. The van der Waals surface area contributed by atoms with E-state index in [1.54, 1.807) is 6.20 Å². The van der Waals surface area contributed by atoms with Gasteiger partial charge in [0.15, 0.2) is 0 Å². The zero-order valence-corrected chi connectivity index (χ0v) is 11.7. The highest BCUT2D eigenvalue weighted by Crippen LogP contribution is 2.32. The van der Waals surface area contributed by atoms with Crippen LogP contribution in [0.2, 0.25) is 0 Å². The van der Waals surface area contributed by atoms with Crippen molar-refractivity contribution in [1.82, 2.24) is 4.98 Å². The van der Waals surface area contributed by atoms with Gasteiger partial charge in [-0.05, 0) is 49.3 Å². The minimum atomic E-state index is 0.0730. The number of aryl methyl sites for hydroxylation is 1. The first kappa shape index (κ1) is 13.3. The minimum Gasteiger partial charge on any atom is -0.392 e. The Labute approximate surface area is 110 Å². The second-order valence-electron chi connectivity index (χ2n) is 5.75. The minimum absolute atomic E-state index is 0.0730. The van der Waals surface area contributed by atoms with E-state index in [1.165, 1.54) is 24.8 Å². The summed E-state index contributed by atoms with van der Waals surface area (Å²) in [4.78, 5) is 7.01. The quantitative estimate of drug-likeness (QED) is 0.841. The fraction of sp³-hybridized carbons (Fsp3) is 0.667. The molecular weight excluding hydrogens is 224 g/mol. The number of pyridine rings is 1. The van der Waals surface area contributed by atoms with Gasteiger partial charge in [0.05, 0.1) is 6.61 Å². The topological polar surface area (TPSA) is 36.4 Å². The second-order valence-corrected chi connectivity index (χ2v) is 5.75. The number of aliphatic hydroxyl groups is 1. The van der Waals surface area contributed by atoms with E-state index in [4.69, 9.17) is 5.11 Å². The molecule has 1 aliphatic carbocycles. The van der Waals surface area contributed by atoms with Gasteiger partial charge in [-0.3, -0.25) is 0 Å². The first-order chi connectivity index (χ1) is 8.61. The van der Waals surface area contributed by atoms with Crippen LogP contribution in [0.15, 0.2) is 12.3 Å². The Morgan fingerprint density at radius 1 is 1.44 bits per heavy atom. The molecule has 1 fully saturated rings. The lowest BCUT2D eigenvalue weighted by Crippen LogP contribution is -2.29. The molecule has 0 radical (unpaired) electrons. The standard InChI is InChI=1S/C15H24N2O/c1-11(2)6-7-17(14-4-5-14)15-12(3)8-13(10-18)9-16-15/h8-9,11,14,18H,4-7,10H2,1-3H3. The average molecular weight is 248 g/mol. The summed E-state index contributed by atoms with van der Waals surface area (Å²) in [6.45, 7) is 7.78. The van der Waals surface area contributed by atoms with Gasteiger partial charge in [-0.25, -0.2) is 4.98 Å². The van der Waals surface area contributed by atoms with Gasteiger partial charge in [-0.15, -0.1) is 0 Å². The summed E-state index contributed by atoms with van der Waals surface area (Å²) >= 11 is 0. The van der Waals surface area contributed by atoms with Crippen LogP contribution in [0.25, 0.3) is 0 Å². The molecule has 0 saturated heterocycles. The van der Waals surface area contributed by atoms with Gasteiger partial charge in [0, 0.05) is 18.8 Å². The van der Waals surface area contributed by atoms with E-state index in [-0.39, 0.29) is 6.61 Å². The van der Waals surface area contributed by atoms with Crippen molar-refractivity contribution >= 4 is 5.82 Å². The summed E-state index contributed by atoms with van der Waals surface area (Å²) in [7, 11) is 0. The van der Waals surface area contributed by atoms with Crippen LogP contribution in [0.5, 0.6) is 0 Å². The van der Waals surface area contributed by atoms with Crippen molar-refractivity contribution in [3.8, 4) is 0 Å². The molecule has 0 aromatic carbocycles. The molecule has 1 saturated carbocycles. The summed E-state index contributed by atoms with van der Waals surface area (Å²) in [5.41, 5.74) is 2.08. The zero-order valence-electron chi connectivity index (χ0n) is 11.7. The molecule has 100 valence electrons. The van der Waals surface area contributed by atoms with Crippen molar-refractivity contribution in [2.24, 2.45) is 5.92 Å². The van der Waals surface area contributed by atoms with E-state index < -0.39 is 0 Å². The van der Waals surface area contributed by atoms with E-state index in [1.807, 2.05) is 6.07 Å². The first-order valence-corrected chi connectivity index (χ1v) is 6.95. The second kappa shape index (κ2) is 5.70. The van der Waals surface area contributed by atoms with Gasteiger partial charge in [-0.1, -0.05) is 13.8 Å². The summed E-state index contributed by atoms with van der Waals surface area (Å²) < 4.78 is 0. The molecule has 0 aliphatic heterocycles. The predicted octanol–water partition coefficient (Wildman–Crippen LogP) is 2.90. The van der Waals surface area contributed by atoms with Crippen LogP contribution < -0.4 is 4.90 Å². The molecule has 1 heterocycles. The molecule has 0 bridgehead atoms. The summed E-state index contributed by atoms with van der Waals surface area (Å²) in [6.07, 6.45) is 5.59. The highest BCUT2D eigenvalue weighted by atomic mass is 16.3. The van der Waals surface area contributed by atoms with E-state index in [0.717, 1.165) is 23.8 Å². The van der Waals surface area contributed by atoms with Gasteiger partial charge in [0.2, 0.25) is 0 Å². The van der Waals surface area contributed by atoms with E-state index in [0.29, 0.717) is 6.04 Å². The van der Waals surface area contributed by atoms with Crippen molar-refractivity contribution in [2.75, 3.05) is 11.4 Å². The van der Waals surface area contributed by atoms with Gasteiger partial charge < -0.3 is 10.0 Å². The molecule has 3 heteroatoms. The maximum atomic E-state index is 9.14. The third-order valence-corrected chi connectivity index (χ3v) is 3.50. The number of anilines is 1. The molecule has 0 amide bonds. The summed E-state index contributed by atoms with van der Waals surface area (Å²) in [5, 5.41) is 9.14. The predicted molar refractivity (Wildman–Crippen MR) is 74.7 cm³/mol. The Hall–Kier alpha value is -1.09. The van der Waals surface area contributed by atoms with Crippen LogP contribution in [-0.2, 0) is 6.61 Å². The Morgan fingerprint density at radius 2 is 2.17 bits per heavy atom. The number of aromatic nitrogens is 1. The molecule has 1 aliphatic rings. The Balaban J connectivity index is 2.14. The van der Waals surface area contributed by atoms with Crippen molar-refractivity contribution in [3.05, 3.63) is 23.4 Å². The normalized spacial score (nSPS) is 15.2. The van der Waals surface area contributed by atoms with Crippen LogP contribution in [0.3, 0.4) is 0 Å². The molecule has 1 aromatic rings. The molecule has 2 rings (SSSR count). The third kappa shape index (κ3) is 3.22. The first-order valence-electron chi connectivity index (χ1n) is 6.95. The fourth-order valence-corrected chi connectivity index (χ4v) is 2.26. The van der Waals surface area contributed by atoms with Crippen molar-refractivity contribution in [1.29, 1.82) is 0 Å². The molecule has 18 heavy (non-hydrogen) atoms.